The number of fused-ring (bicyclic) bond motifs is 5. The van der Waals surface area contributed by atoms with Crippen molar-refractivity contribution in [3.63, 3.8) is 0 Å². The Morgan fingerprint density at radius 3 is 2.28 bits per heavy atom. The molecule has 0 aromatic carbocycles. The van der Waals surface area contributed by atoms with Crippen molar-refractivity contribution in [2.45, 2.75) is 118 Å². The van der Waals surface area contributed by atoms with Crippen LogP contribution in [0.4, 0.5) is 9.59 Å². The van der Waals surface area contributed by atoms with Gasteiger partial charge in [0.15, 0.2) is 0 Å². The number of hydrogen-bond acceptors (Lipinski definition) is 7. The smallest absolute Gasteiger partial charge is 0.450 e. The highest BCUT2D eigenvalue weighted by atomic mass is 16.7. The van der Waals surface area contributed by atoms with E-state index in [0.29, 0.717) is 51.4 Å². The topological polar surface area (TPSA) is 113 Å². The van der Waals surface area contributed by atoms with Crippen LogP contribution in [0.3, 0.4) is 0 Å². The van der Waals surface area contributed by atoms with Gasteiger partial charge in [-0.15, -0.1) is 0 Å². The molecule has 0 aromatic heterocycles. The molecule has 0 bridgehead atoms. The van der Waals surface area contributed by atoms with E-state index in [0.717, 1.165) is 54.8 Å². The lowest BCUT2D eigenvalue weighted by atomic mass is 9.47. The first-order valence-electron chi connectivity index (χ1n) is 18.8. The zero-order chi connectivity index (χ0) is 33.9. The summed E-state index contributed by atoms with van der Waals surface area (Å²) < 4.78 is 26.5. The molecule has 0 aromatic rings. The minimum absolute atomic E-state index is 0.0118. The molecule has 0 radical (unpaired) electrons. The summed E-state index contributed by atoms with van der Waals surface area (Å²) in [6.45, 7) is 15.4. The first kappa shape index (κ1) is 38.0. The Hall–Kier alpha value is -1.84. The zero-order valence-corrected chi connectivity index (χ0v) is 30.1. The van der Waals surface area contributed by atoms with E-state index in [2.05, 4.69) is 50.7 Å². The zero-order valence-electron chi connectivity index (χ0n) is 30.1. The molecule has 0 saturated heterocycles. The Balaban J connectivity index is 1.11. The van der Waals surface area contributed by atoms with E-state index in [-0.39, 0.29) is 30.8 Å². The number of carbonyl (C=O) groups excluding carboxylic acids is 1. The second kappa shape index (κ2) is 18.2. The Labute approximate surface area is 284 Å². The third-order valence-corrected chi connectivity index (χ3v) is 12.5. The molecular formula is C38H65NO8. The molecule has 2 N–H and O–H groups in total. The average molecular weight is 664 g/mol. The van der Waals surface area contributed by atoms with E-state index < -0.39 is 6.16 Å². The summed E-state index contributed by atoms with van der Waals surface area (Å²) in [5, 5.41) is 11.3. The van der Waals surface area contributed by atoms with E-state index in [9.17, 15) is 9.59 Å². The lowest BCUT2D eigenvalue weighted by molar-refractivity contribution is -0.0581. The molecule has 0 heterocycles. The van der Waals surface area contributed by atoms with Crippen LogP contribution in [0.1, 0.15) is 112 Å². The van der Waals surface area contributed by atoms with Crippen molar-refractivity contribution in [2.75, 3.05) is 52.8 Å². The van der Waals surface area contributed by atoms with Crippen LogP contribution in [0.2, 0.25) is 0 Å². The third kappa shape index (κ3) is 10.3. The van der Waals surface area contributed by atoms with Crippen LogP contribution in [-0.4, -0.2) is 76.3 Å². The summed E-state index contributed by atoms with van der Waals surface area (Å²) in [7, 11) is 0. The fourth-order valence-electron chi connectivity index (χ4n) is 10.0. The normalized spacial score (nSPS) is 32.1. The molecule has 4 aliphatic carbocycles. The van der Waals surface area contributed by atoms with Crippen molar-refractivity contribution in [2.24, 2.45) is 46.3 Å². The number of alkyl carbamates (subject to hydrolysis) is 1. The summed E-state index contributed by atoms with van der Waals surface area (Å²) in [6.07, 6.45) is 15.5. The van der Waals surface area contributed by atoms with Gasteiger partial charge >= 0.3 is 12.2 Å². The van der Waals surface area contributed by atoms with Crippen molar-refractivity contribution < 1.29 is 38.4 Å². The van der Waals surface area contributed by atoms with Gasteiger partial charge in [-0.05, 0) is 97.7 Å². The van der Waals surface area contributed by atoms with Crippen LogP contribution in [-0.2, 0) is 23.7 Å². The first-order chi connectivity index (χ1) is 22.5. The number of hydrogen-bond donors (Lipinski definition) is 2. The van der Waals surface area contributed by atoms with Gasteiger partial charge in [0.1, 0.15) is 12.7 Å². The molecule has 3 saturated carbocycles. The van der Waals surface area contributed by atoms with Gasteiger partial charge < -0.3 is 34.1 Å². The molecule has 4 rings (SSSR count). The van der Waals surface area contributed by atoms with Gasteiger partial charge in [-0.1, -0.05) is 65.5 Å². The monoisotopic (exact) mass is 663 g/mol. The molecule has 1 amide bonds. The van der Waals surface area contributed by atoms with Gasteiger partial charge in [0.25, 0.3) is 0 Å². The number of carboxylic acid groups (broad SMARTS) is 1. The Morgan fingerprint density at radius 1 is 0.872 bits per heavy atom. The average Bonchev–Trinajstić information content (AvgIpc) is 3.38. The number of amides is 1. The molecule has 3 fully saturated rings. The highest BCUT2D eigenvalue weighted by Crippen LogP contribution is 2.67. The van der Waals surface area contributed by atoms with E-state index in [1.807, 2.05) is 0 Å². The predicted molar refractivity (Wildman–Crippen MR) is 182 cm³/mol. The fraction of sp³-hybridized carbons (Fsp3) is 0.895. The van der Waals surface area contributed by atoms with Gasteiger partial charge in [-0.3, -0.25) is 0 Å². The molecular weight excluding hydrogens is 598 g/mol. The van der Waals surface area contributed by atoms with Crippen molar-refractivity contribution >= 4 is 12.2 Å². The van der Waals surface area contributed by atoms with E-state index in [1.54, 1.807) is 5.57 Å². The van der Waals surface area contributed by atoms with Gasteiger partial charge in [0, 0.05) is 19.6 Å². The summed E-state index contributed by atoms with van der Waals surface area (Å²) in [5.74, 6) is 5.00. The SMILES string of the molecule is CC(C)CCCC(C)[C@H]1CCC2C3CC=C4C[C@@H](OC(=O)NCCCOCCOCCOCCOC(=O)O)CC[C@]4(C)C3CC[C@@]21C. The second-order valence-corrected chi connectivity index (χ2v) is 15.8. The Bertz CT molecular complexity index is 1020. The summed E-state index contributed by atoms with van der Waals surface area (Å²) >= 11 is 0. The van der Waals surface area contributed by atoms with Crippen LogP contribution >= 0.6 is 0 Å². The van der Waals surface area contributed by atoms with Crippen molar-refractivity contribution in [1.82, 2.24) is 5.32 Å². The standard InChI is InChI=1S/C38H65NO8/c1-27(2)8-6-9-28(3)32-12-13-33-31-11-10-29-26-30(14-16-37(29,4)34(31)15-17-38(32,33)5)47-35(40)39-18-7-19-43-20-21-44-22-23-45-24-25-46-36(41)42/h10,27-28,30-34H,6-9,11-26H2,1-5H3,(H,39,40)(H,41,42)/t28?,30-,31?,32+,33?,34?,37-,38+/m0/s1. The maximum atomic E-state index is 12.6. The van der Waals surface area contributed by atoms with E-state index >= 15 is 0 Å². The number of carbonyl (C=O) groups is 2. The molecule has 4 unspecified atom stereocenters. The van der Waals surface area contributed by atoms with Gasteiger partial charge in [0.05, 0.1) is 33.0 Å². The van der Waals surface area contributed by atoms with Crippen LogP contribution in [0, 0.1) is 46.3 Å². The quantitative estimate of drug-likeness (QED) is 0.0807. The van der Waals surface area contributed by atoms with Gasteiger partial charge in [-0.25, -0.2) is 9.59 Å². The minimum Gasteiger partial charge on any atom is -0.450 e. The molecule has 8 atom stereocenters. The number of ether oxygens (including phenoxy) is 5. The van der Waals surface area contributed by atoms with Crippen LogP contribution in [0.5, 0.6) is 0 Å². The third-order valence-electron chi connectivity index (χ3n) is 12.5. The lowest BCUT2D eigenvalue weighted by Gasteiger charge is -2.58. The summed E-state index contributed by atoms with van der Waals surface area (Å²) in [6, 6.07) is 0. The maximum absolute atomic E-state index is 12.6. The summed E-state index contributed by atoms with van der Waals surface area (Å²) in [4.78, 5) is 22.8. The van der Waals surface area contributed by atoms with Crippen molar-refractivity contribution in [3.05, 3.63) is 11.6 Å². The second-order valence-electron chi connectivity index (χ2n) is 15.8. The van der Waals surface area contributed by atoms with Gasteiger partial charge in [-0.2, -0.15) is 0 Å². The van der Waals surface area contributed by atoms with Crippen molar-refractivity contribution in [1.29, 1.82) is 0 Å². The number of allylic oxidation sites excluding steroid dienone is 1. The van der Waals surface area contributed by atoms with Crippen molar-refractivity contribution in [3.8, 4) is 0 Å². The Morgan fingerprint density at radius 2 is 1.57 bits per heavy atom. The van der Waals surface area contributed by atoms with Crippen LogP contribution in [0.25, 0.3) is 0 Å². The Kier molecular flexibility index (Phi) is 14.7. The highest BCUT2D eigenvalue weighted by Gasteiger charge is 2.59. The van der Waals surface area contributed by atoms with E-state index in [4.69, 9.17) is 24.1 Å². The molecule has 9 nitrogen and oxygen atoms in total. The summed E-state index contributed by atoms with van der Waals surface area (Å²) in [5.41, 5.74) is 2.32. The number of rotatable bonds is 19. The molecule has 4 aliphatic rings. The molecule has 0 aliphatic heterocycles. The van der Waals surface area contributed by atoms with Crippen LogP contribution < -0.4 is 5.32 Å². The minimum atomic E-state index is -1.30. The number of nitrogens with one attached hydrogen (secondary N) is 1. The first-order valence-corrected chi connectivity index (χ1v) is 18.8. The largest absolute Gasteiger partial charge is 0.505 e. The predicted octanol–water partition coefficient (Wildman–Crippen LogP) is 8.26. The molecule has 0 spiro atoms. The molecule has 9 heteroatoms. The highest BCUT2D eigenvalue weighted by molar-refractivity contribution is 5.67. The fourth-order valence-corrected chi connectivity index (χ4v) is 10.0. The van der Waals surface area contributed by atoms with E-state index in [1.165, 1.54) is 51.4 Å². The van der Waals surface area contributed by atoms with Crippen LogP contribution in [0.15, 0.2) is 11.6 Å². The molecule has 270 valence electrons. The molecule has 47 heavy (non-hydrogen) atoms. The van der Waals surface area contributed by atoms with Gasteiger partial charge in [0.2, 0.25) is 0 Å². The lowest BCUT2D eigenvalue weighted by Crippen LogP contribution is -2.51. The maximum Gasteiger partial charge on any atom is 0.505 e.